The lowest BCUT2D eigenvalue weighted by molar-refractivity contribution is -0.0606. The lowest BCUT2D eigenvalue weighted by atomic mass is 9.96. The number of aliphatic hydroxyl groups is 1. The van der Waals surface area contributed by atoms with Gasteiger partial charge in [0, 0.05) is 5.92 Å². The Morgan fingerprint density at radius 3 is 2.90 bits per heavy atom. The van der Waals surface area contributed by atoms with Crippen molar-refractivity contribution < 1.29 is 9.84 Å². The molecule has 10 heavy (non-hydrogen) atoms. The van der Waals surface area contributed by atoms with Gasteiger partial charge >= 0.3 is 0 Å². The fourth-order valence-corrected chi connectivity index (χ4v) is 1.19. The summed E-state index contributed by atoms with van der Waals surface area (Å²) in [6, 6.07) is 0. The Bertz CT molecular complexity index is 122. The van der Waals surface area contributed by atoms with Gasteiger partial charge in [-0.2, -0.15) is 0 Å². The van der Waals surface area contributed by atoms with Gasteiger partial charge in [0.1, 0.15) is 0 Å². The monoisotopic (exact) mass is 142 g/mol. The summed E-state index contributed by atoms with van der Waals surface area (Å²) in [5.74, 6) is 0.135. The zero-order valence-corrected chi connectivity index (χ0v) is 6.29. The maximum Gasteiger partial charge on any atom is 0.0649 e. The summed E-state index contributed by atoms with van der Waals surface area (Å²) in [5, 5.41) is 9.39. The third-order valence-electron chi connectivity index (χ3n) is 1.94. The molecule has 1 N–H and O–H groups in total. The van der Waals surface area contributed by atoms with Crippen molar-refractivity contribution in [2.75, 3.05) is 6.61 Å². The molecule has 0 spiro atoms. The average molecular weight is 142 g/mol. The third kappa shape index (κ3) is 1.58. The van der Waals surface area contributed by atoms with Gasteiger partial charge in [-0.3, -0.25) is 0 Å². The zero-order chi connectivity index (χ0) is 7.56. The summed E-state index contributed by atoms with van der Waals surface area (Å²) >= 11 is 0. The predicted molar refractivity (Wildman–Crippen MR) is 39.7 cm³/mol. The summed E-state index contributed by atoms with van der Waals surface area (Å²) in [7, 11) is 0. The first-order chi connectivity index (χ1) is 4.74. The van der Waals surface area contributed by atoms with Gasteiger partial charge in [0.05, 0.1) is 18.8 Å². The van der Waals surface area contributed by atoms with E-state index in [-0.39, 0.29) is 18.1 Å². The Morgan fingerprint density at radius 1 is 1.70 bits per heavy atom. The zero-order valence-electron chi connectivity index (χ0n) is 6.29. The van der Waals surface area contributed by atoms with Crippen LogP contribution < -0.4 is 0 Å². The van der Waals surface area contributed by atoms with Gasteiger partial charge in [0.2, 0.25) is 0 Å². The first-order valence-electron chi connectivity index (χ1n) is 3.66. The van der Waals surface area contributed by atoms with E-state index >= 15 is 0 Å². The van der Waals surface area contributed by atoms with Crippen molar-refractivity contribution in [2.24, 2.45) is 5.92 Å². The van der Waals surface area contributed by atoms with Crippen LogP contribution in [0.2, 0.25) is 0 Å². The molecule has 58 valence electrons. The van der Waals surface area contributed by atoms with Crippen LogP contribution in [0.4, 0.5) is 0 Å². The van der Waals surface area contributed by atoms with Crippen molar-refractivity contribution in [3.63, 3.8) is 0 Å². The van der Waals surface area contributed by atoms with E-state index in [0.29, 0.717) is 6.61 Å². The van der Waals surface area contributed by atoms with E-state index in [9.17, 15) is 5.11 Å². The van der Waals surface area contributed by atoms with Gasteiger partial charge < -0.3 is 9.84 Å². The Kier molecular flexibility index (Phi) is 2.46. The Morgan fingerprint density at radius 2 is 2.40 bits per heavy atom. The summed E-state index contributed by atoms with van der Waals surface area (Å²) in [6.45, 7) is 6.21. The molecular formula is C8H14O2. The van der Waals surface area contributed by atoms with Crippen LogP contribution in [0.3, 0.4) is 0 Å². The smallest absolute Gasteiger partial charge is 0.0649 e. The molecule has 0 unspecified atom stereocenters. The molecule has 0 saturated carbocycles. The second-order valence-electron chi connectivity index (χ2n) is 2.85. The van der Waals surface area contributed by atoms with Gasteiger partial charge in [-0.25, -0.2) is 0 Å². The van der Waals surface area contributed by atoms with Crippen molar-refractivity contribution in [2.45, 2.75) is 25.6 Å². The molecule has 0 aromatic heterocycles. The largest absolute Gasteiger partial charge is 0.392 e. The molecule has 0 aromatic rings. The molecular weight excluding hydrogens is 128 g/mol. The minimum atomic E-state index is -0.249. The van der Waals surface area contributed by atoms with Crippen molar-refractivity contribution in [1.29, 1.82) is 0 Å². The quantitative estimate of drug-likeness (QED) is 0.552. The molecule has 0 bridgehead atoms. The Balaban J connectivity index is 2.43. The number of aliphatic hydroxyl groups excluding tert-OH is 1. The minimum Gasteiger partial charge on any atom is -0.392 e. The van der Waals surface area contributed by atoms with E-state index < -0.39 is 0 Å². The lowest BCUT2D eigenvalue weighted by Crippen LogP contribution is -2.34. The second kappa shape index (κ2) is 3.17. The van der Waals surface area contributed by atoms with E-state index in [1.54, 1.807) is 6.08 Å². The van der Waals surface area contributed by atoms with Crippen molar-refractivity contribution in [1.82, 2.24) is 0 Å². The van der Waals surface area contributed by atoms with Crippen LogP contribution in [0.25, 0.3) is 0 Å². The molecule has 0 aromatic carbocycles. The summed E-state index contributed by atoms with van der Waals surface area (Å²) in [6.07, 6.45) is 2.44. The van der Waals surface area contributed by atoms with Crippen LogP contribution in [0.1, 0.15) is 13.3 Å². The number of ether oxygens (including phenoxy) is 1. The highest BCUT2D eigenvalue weighted by molar-refractivity contribution is 4.88. The highest BCUT2D eigenvalue weighted by Gasteiger charge is 2.24. The molecule has 1 saturated heterocycles. The molecule has 1 aliphatic rings. The summed E-state index contributed by atoms with van der Waals surface area (Å²) in [5.41, 5.74) is 0. The minimum absolute atomic E-state index is 0.135. The van der Waals surface area contributed by atoms with Gasteiger partial charge in [-0.05, 0) is 13.3 Å². The normalized spacial score (nSPS) is 41.2. The standard InChI is InChI=1S/C8H14O2/c1-3-7-5-10-6(2)4-8(7)9/h3,6-9H,1,4-5H2,2H3/t6-,7+,8-/m1/s1. The molecule has 1 aliphatic heterocycles. The van der Waals surface area contributed by atoms with E-state index in [4.69, 9.17) is 4.74 Å². The molecule has 1 rings (SSSR count). The van der Waals surface area contributed by atoms with E-state index in [1.165, 1.54) is 0 Å². The van der Waals surface area contributed by atoms with Gasteiger partial charge in [-0.1, -0.05) is 6.08 Å². The molecule has 2 heteroatoms. The molecule has 0 amide bonds. The number of hydrogen-bond acceptors (Lipinski definition) is 2. The first-order valence-corrected chi connectivity index (χ1v) is 3.66. The topological polar surface area (TPSA) is 29.5 Å². The van der Waals surface area contributed by atoms with Gasteiger partial charge in [-0.15, -0.1) is 6.58 Å². The maximum absolute atomic E-state index is 9.39. The average Bonchev–Trinajstić information content (AvgIpc) is 1.88. The predicted octanol–water partition coefficient (Wildman–Crippen LogP) is 0.958. The first kappa shape index (κ1) is 7.76. The molecule has 1 heterocycles. The third-order valence-corrected chi connectivity index (χ3v) is 1.94. The van der Waals surface area contributed by atoms with Crippen LogP contribution >= 0.6 is 0 Å². The van der Waals surface area contributed by atoms with Crippen molar-refractivity contribution in [3.05, 3.63) is 12.7 Å². The van der Waals surface area contributed by atoms with Crippen LogP contribution in [0.15, 0.2) is 12.7 Å². The Hall–Kier alpha value is -0.340. The van der Waals surface area contributed by atoms with Crippen molar-refractivity contribution in [3.8, 4) is 0 Å². The van der Waals surface area contributed by atoms with E-state index in [0.717, 1.165) is 6.42 Å². The highest BCUT2D eigenvalue weighted by atomic mass is 16.5. The second-order valence-corrected chi connectivity index (χ2v) is 2.85. The van der Waals surface area contributed by atoms with Crippen LogP contribution in [-0.4, -0.2) is 23.9 Å². The fourth-order valence-electron chi connectivity index (χ4n) is 1.19. The lowest BCUT2D eigenvalue weighted by Gasteiger charge is -2.29. The molecule has 2 nitrogen and oxygen atoms in total. The van der Waals surface area contributed by atoms with Crippen LogP contribution in [0, 0.1) is 5.92 Å². The fraction of sp³-hybridized carbons (Fsp3) is 0.750. The summed E-state index contributed by atoms with van der Waals surface area (Å²) < 4.78 is 5.32. The highest BCUT2D eigenvalue weighted by Crippen LogP contribution is 2.19. The Labute approximate surface area is 61.5 Å². The van der Waals surface area contributed by atoms with Crippen LogP contribution in [0.5, 0.6) is 0 Å². The SMILES string of the molecule is C=C[C@H]1CO[C@H](C)C[C@H]1O. The van der Waals surface area contributed by atoms with Crippen molar-refractivity contribution >= 4 is 0 Å². The molecule has 0 aliphatic carbocycles. The molecule has 1 fully saturated rings. The van der Waals surface area contributed by atoms with E-state index in [2.05, 4.69) is 6.58 Å². The van der Waals surface area contributed by atoms with Gasteiger partial charge in [0.15, 0.2) is 0 Å². The van der Waals surface area contributed by atoms with Crippen LogP contribution in [-0.2, 0) is 4.74 Å². The van der Waals surface area contributed by atoms with Gasteiger partial charge in [0.25, 0.3) is 0 Å². The maximum atomic E-state index is 9.39. The van der Waals surface area contributed by atoms with E-state index in [1.807, 2.05) is 6.92 Å². The summed E-state index contributed by atoms with van der Waals surface area (Å²) in [4.78, 5) is 0. The number of hydrogen-bond donors (Lipinski definition) is 1. The number of rotatable bonds is 1. The molecule has 0 radical (unpaired) electrons. The molecule has 3 atom stereocenters.